The third-order valence-electron chi connectivity index (χ3n) is 11.0. The zero-order chi connectivity index (χ0) is 30.5. The van der Waals surface area contributed by atoms with Crippen molar-refractivity contribution in [1.29, 1.82) is 0 Å². The number of methoxy groups -OCH3 is 1. The number of imidazole rings is 1. The van der Waals surface area contributed by atoms with Crippen LogP contribution in [0.25, 0.3) is 39.3 Å². The van der Waals surface area contributed by atoms with Gasteiger partial charge in [0.1, 0.15) is 11.3 Å². The Morgan fingerprint density at radius 3 is 2.74 bits per heavy atom. The van der Waals surface area contributed by atoms with Gasteiger partial charge in [0.25, 0.3) is 5.91 Å². The molecule has 5 heterocycles. The number of rotatable bonds is 8. The third kappa shape index (κ3) is 3.91. The van der Waals surface area contributed by atoms with E-state index in [2.05, 4.69) is 59.4 Å². The molecule has 4 aliphatic rings. The molecule has 2 aromatic carbocycles. The number of carbonyl (C=O) groups excluding carboxylic acids is 1. The van der Waals surface area contributed by atoms with Crippen molar-refractivity contribution in [2.75, 3.05) is 13.7 Å². The van der Waals surface area contributed by atoms with Crippen molar-refractivity contribution in [3.05, 3.63) is 84.6 Å². The van der Waals surface area contributed by atoms with Gasteiger partial charge in [0.15, 0.2) is 11.6 Å². The van der Waals surface area contributed by atoms with E-state index in [1.165, 1.54) is 30.2 Å². The van der Waals surface area contributed by atoms with Gasteiger partial charge in [-0.05, 0) is 73.6 Å². The number of carbonyl (C=O) groups is 1. The van der Waals surface area contributed by atoms with E-state index in [1.54, 1.807) is 30.4 Å². The molecule has 10 nitrogen and oxygen atoms in total. The van der Waals surface area contributed by atoms with Crippen molar-refractivity contribution in [2.45, 2.75) is 44.8 Å². The molecule has 4 atom stereocenters. The molecule has 1 saturated heterocycles. The summed E-state index contributed by atoms with van der Waals surface area (Å²) < 4.78 is 12.5. The van der Waals surface area contributed by atoms with Crippen molar-refractivity contribution < 1.29 is 9.53 Å². The Kier molecular flexibility index (Phi) is 5.57. The molecular weight excluding hydrogens is 576 g/mol. The molecule has 0 spiro atoms. The van der Waals surface area contributed by atoms with Crippen LogP contribution >= 0.6 is 0 Å². The zero-order valence-corrected chi connectivity index (χ0v) is 25.7. The van der Waals surface area contributed by atoms with Crippen LogP contribution in [-0.4, -0.2) is 64.4 Å². The van der Waals surface area contributed by atoms with Gasteiger partial charge < -0.3 is 18.8 Å². The molecule has 0 N–H and O–H groups in total. The normalized spacial score (nSPS) is 23.0. The number of benzene rings is 2. The topological polar surface area (TPSA) is 95.9 Å². The third-order valence-corrected chi connectivity index (χ3v) is 11.0. The number of para-hydroxylation sites is 1. The fourth-order valence-electron chi connectivity index (χ4n) is 8.53. The Labute approximate surface area is 265 Å². The minimum absolute atomic E-state index is 0.0993. The smallest absolute Gasteiger partial charge is 0.254 e. The van der Waals surface area contributed by atoms with Gasteiger partial charge >= 0.3 is 0 Å². The van der Waals surface area contributed by atoms with Gasteiger partial charge in [-0.25, -0.2) is 14.6 Å². The van der Waals surface area contributed by atoms with Gasteiger partial charge in [0.2, 0.25) is 0 Å². The van der Waals surface area contributed by atoms with Crippen molar-refractivity contribution in [1.82, 2.24) is 38.8 Å². The number of likely N-dealkylation sites (tertiary alicyclic amines) is 1. The number of amides is 1. The van der Waals surface area contributed by atoms with Crippen LogP contribution in [0.3, 0.4) is 0 Å². The van der Waals surface area contributed by atoms with Crippen LogP contribution in [0.15, 0.2) is 73.4 Å². The molecule has 6 aromatic rings. The van der Waals surface area contributed by atoms with Crippen molar-refractivity contribution in [3.63, 3.8) is 0 Å². The second-order valence-corrected chi connectivity index (χ2v) is 13.7. The maximum absolute atomic E-state index is 14.0. The van der Waals surface area contributed by atoms with Gasteiger partial charge in [-0.15, -0.1) is 0 Å². The monoisotopic (exact) mass is 610 g/mol. The molecule has 3 aliphatic carbocycles. The summed E-state index contributed by atoms with van der Waals surface area (Å²) in [6.45, 7) is 2.35. The molecule has 0 bridgehead atoms. The summed E-state index contributed by atoms with van der Waals surface area (Å²) in [6.07, 6.45) is 13.8. The second kappa shape index (κ2) is 9.75. The molecular formula is C36H34N8O2. The fraction of sp³-hybridized carbons (Fsp3) is 0.361. The first kappa shape index (κ1) is 26.2. The van der Waals surface area contributed by atoms with Crippen LogP contribution in [0.4, 0.5) is 0 Å². The Bertz CT molecular complexity index is 2160. The van der Waals surface area contributed by atoms with E-state index in [4.69, 9.17) is 9.72 Å². The highest BCUT2D eigenvalue weighted by Gasteiger charge is 2.61. The first-order chi connectivity index (χ1) is 22.6. The molecule has 4 fully saturated rings. The van der Waals surface area contributed by atoms with Crippen molar-refractivity contribution in [3.8, 4) is 23.1 Å². The molecule has 10 heteroatoms. The van der Waals surface area contributed by atoms with E-state index in [0.717, 1.165) is 59.5 Å². The molecule has 230 valence electrons. The quantitative estimate of drug-likeness (QED) is 0.223. The predicted molar refractivity (Wildman–Crippen MR) is 173 cm³/mol. The zero-order valence-electron chi connectivity index (χ0n) is 25.7. The Morgan fingerprint density at radius 2 is 1.93 bits per heavy atom. The van der Waals surface area contributed by atoms with Crippen LogP contribution in [0.2, 0.25) is 0 Å². The molecule has 0 radical (unpaired) electrons. The molecule has 1 aliphatic heterocycles. The van der Waals surface area contributed by atoms with Gasteiger partial charge in [0.05, 0.1) is 37.3 Å². The van der Waals surface area contributed by atoms with E-state index in [1.807, 2.05) is 24.5 Å². The van der Waals surface area contributed by atoms with E-state index < -0.39 is 0 Å². The summed E-state index contributed by atoms with van der Waals surface area (Å²) in [5.74, 6) is 5.17. The number of hydrogen-bond donors (Lipinski definition) is 0. The maximum atomic E-state index is 14.0. The maximum Gasteiger partial charge on any atom is 0.254 e. The lowest BCUT2D eigenvalue weighted by molar-refractivity contribution is -0.0204. The van der Waals surface area contributed by atoms with Crippen LogP contribution in [-0.2, 0) is 13.1 Å². The van der Waals surface area contributed by atoms with Crippen LogP contribution in [0.1, 0.15) is 41.6 Å². The molecule has 3 saturated carbocycles. The number of nitrogens with zero attached hydrogens (tertiary/aromatic N) is 8. The van der Waals surface area contributed by atoms with Crippen molar-refractivity contribution in [2.24, 2.45) is 23.7 Å². The number of ether oxygens (including phenoxy) is 1. The Morgan fingerprint density at radius 1 is 1.02 bits per heavy atom. The summed E-state index contributed by atoms with van der Waals surface area (Å²) >= 11 is 0. The molecule has 3 unspecified atom stereocenters. The van der Waals surface area contributed by atoms with Gasteiger partial charge in [-0.3, -0.25) is 9.78 Å². The van der Waals surface area contributed by atoms with Crippen molar-refractivity contribution >= 4 is 27.8 Å². The largest absolute Gasteiger partial charge is 0.494 e. The second-order valence-electron chi connectivity index (χ2n) is 13.7. The summed E-state index contributed by atoms with van der Waals surface area (Å²) in [4.78, 5) is 30.1. The highest BCUT2D eigenvalue weighted by molar-refractivity contribution is 6.00. The molecule has 4 aromatic heterocycles. The lowest BCUT2D eigenvalue weighted by Gasteiger charge is -2.52. The highest BCUT2D eigenvalue weighted by atomic mass is 16.5. The summed E-state index contributed by atoms with van der Waals surface area (Å²) in [6, 6.07) is 15.1. The minimum Gasteiger partial charge on any atom is -0.494 e. The van der Waals surface area contributed by atoms with E-state index >= 15 is 0 Å². The fourth-order valence-corrected chi connectivity index (χ4v) is 8.53. The lowest BCUT2D eigenvalue weighted by Crippen LogP contribution is -2.53. The first-order valence-corrected chi connectivity index (χ1v) is 16.4. The van der Waals surface area contributed by atoms with E-state index in [0.29, 0.717) is 41.6 Å². The van der Waals surface area contributed by atoms with Gasteiger partial charge in [0, 0.05) is 59.8 Å². The number of fused-ring (bicyclic) bond motifs is 2. The van der Waals surface area contributed by atoms with Crippen LogP contribution < -0.4 is 4.74 Å². The average molecular weight is 611 g/mol. The lowest BCUT2D eigenvalue weighted by atomic mass is 9.53. The van der Waals surface area contributed by atoms with E-state index in [9.17, 15) is 4.79 Å². The van der Waals surface area contributed by atoms with Crippen LogP contribution in [0.5, 0.6) is 5.75 Å². The predicted octanol–water partition coefficient (Wildman–Crippen LogP) is 5.58. The Hall–Kier alpha value is -4.99. The molecule has 46 heavy (non-hydrogen) atoms. The SMILES string of the molecule is COc1cc(C(=O)N2CC3CC4CC2[C@H]43)cc2nc(-c3cc4ccccc4n3CC3CC3)n(Cc3cnn(-c4cnccn4)c3)c12. The summed E-state index contributed by atoms with van der Waals surface area (Å²) in [5.41, 5.74) is 5.55. The molecule has 10 rings (SSSR count). The van der Waals surface area contributed by atoms with Gasteiger partial charge in [-0.1, -0.05) is 18.2 Å². The van der Waals surface area contributed by atoms with Gasteiger partial charge in [-0.2, -0.15) is 5.10 Å². The minimum atomic E-state index is 0.0993. The number of hydrogen-bond acceptors (Lipinski definition) is 6. The van der Waals surface area contributed by atoms with E-state index in [-0.39, 0.29) is 5.91 Å². The Balaban J connectivity index is 1.13. The number of aromatic nitrogens is 7. The summed E-state index contributed by atoms with van der Waals surface area (Å²) in [7, 11) is 1.68. The standard InChI is InChI=1S/C36H34N8O2/c1-46-31-14-25(36(45)42-20-26-10-24-13-29(42)33(24)26)11-27-34(31)43(18-22-15-39-44(19-22)32-16-37-8-9-38-32)35(40-27)30-12-23-4-2-3-5-28(23)41(30)17-21-6-7-21/h2-5,8-9,11-12,14-16,19,21,24,26,29,33H,6-7,10,13,17-18,20H2,1H3/t24?,26?,29?,33-/m1/s1. The summed E-state index contributed by atoms with van der Waals surface area (Å²) in [5, 5.41) is 5.79. The highest BCUT2D eigenvalue weighted by Crippen LogP contribution is 2.60. The first-order valence-electron chi connectivity index (χ1n) is 16.4. The average Bonchev–Trinajstić information content (AvgIpc) is 3.47. The van der Waals surface area contributed by atoms with Crippen LogP contribution in [0, 0.1) is 23.7 Å². The molecule has 1 amide bonds.